The maximum Gasteiger partial charge on any atom is 0.311 e. The molecule has 0 bridgehead atoms. The summed E-state index contributed by atoms with van der Waals surface area (Å²) in [5.41, 5.74) is 0.321. The van der Waals surface area contributed by atoms with E-state index in [2.05, 4.69) is 5.32 Å². The van der Waals surface area contributed by atoms with Gasteiger partial charge in [0.2, 0.25) is 0 Å². The van der Waals surface area contributed by atoms with Crippen molar-refractivity contribution in [2.75, 3.05) is 13.6 Å². The van der Waals surface area contributed by atoms with E-state index in [1.54, 1.807) is 18.2 Å². The van der Waals surface area contributed by atoms with Gasteiger partial charge < -0.3 is 10.2 Å². The van der Waals surface area contributed by atoms with Gasteiger partial charge in [0.1, 0.15) is 12.4 Å². The predicted molar refractivity (Wildman–Crippen MR) is 61.5 cm³/mol. The third-order valence-electron chi connectivity index (χ3n) is 2.23. The average molecular weight is 249 g/mol. The van der Waals surface area contributed by atoms with Crippen molar-refractivity contribution < 1.29 is 14.0 Å². The second-order valence-corrected chi connectivity index (χ2v) is 3.59. The lowest BCUT2D eigenvalue weighted by Gasteiger charge is -2.16. The Morgan fingerprint density at radius 2 is 2.11 bits per heavy atom. The Balaban J connectivity index is 2.63. The maximum atomic E-state index is 13.3. The third kappa shape index (κ3) is 3.56. The molecule has 1 rings (SSSR count). The van der Waals surface area contributed by atoms with Gasteiger partial charge >= 0.3 is 11.8 Å². The molecular formula is C12H12FN3O2. The number of halogens is 1. The lowest BCUT2D eigenvalue weighted by molar-refractivity contribution is -0.145. The Bertz CT molecular complexity index is 496. The molecule has 0 fully saturated rings. The summed E-state index contributed by atoms with van der Waals surface area (Å²) < 4.78 is 13.3. The van der Waals surface area contributed by atoms with Gasteiger partial charge in [-0.05, 0) is 6.07 Å². The topological polar surface area (TPSA) is 73.2 Å². The van der Waals surface area contributed by atoms with E-state index in [1.807, 2.05) is 0 Å². The molecule has 94 valence electrons. The molecule has 0 atom stereocenters. The number of nitrogens with one attached hydrogen (secondary N) is 1. The number of nitriles is 1. The molecule has 1 N–H and O–H groups in total. The van der Waals surface area contributed by atoms with Gasteiger partial charge in [0.25, 0.3) is 0 Å². The van der Waals surface area contributed by atoms with E-state index in [0.717, 1.165) is 4.90 Å². The number of likely N-dealkylation sites (N-methyl/N-ethyl adjacent to an activating group) is 1. The Morgan fingerprint density at radius 1 is 1.44 bits per heavy atom. The highest BCUT2D eigenvalue weighted by atomic mass is 19.1. The largest absolute Gasteiger partial charge is 0.335 e. The molecule has 0 heterocycles. The molecule has 1 aromatic rings. The minimum atomic E-state index is -0.879. The van der Waals surface area contributed by atoms with Crippen molar-refractivity contribution in [1.29, 1.82) is 5.26 Å². The predicted octanol–water partition coefficient (Wildman–Crippen LogP) is 0.424. The highest BCUT2D eigenvalue weighted by molar-refractivity contribution is 6.34. The Labute approximate surface area is 104 Å². The van der Waals surface area contributed by atoms with E-state index in [9.17, 15) is 14.0 Å². The summed E-state index contributed by atoms with van der Waals surface area (Å²) >= 11 is 0. The molecule has 0 aliphatic carbocycles. The van der Waals surface area contributed by atoms with Crippen molar-refractivity contribution in [3.63, 3.8) is 0 Å². The number of carbonyl (C=O) groups excluding carboxylic acids is 2. The van der Waals surface area contributed by atoms with Gasteiger partial charge in [-0.1, -0.05) is 18.2 Å². The summed E-state index contributed by atoms with van der Waals surface area (Å²) in [4.78, 5) is 23.9. The molecule has 0 saturated heterocycles. The lowest BCUT2D eigenvalue weighted by atomic mass is 10.2. The summed E-state index contributed by atoms with van der Waals surface area (Å²) in [5.74, 6) is -2.13. The number of hydrogen-bond acceptors (Lipinski definition) is 3. The number of hydrogen-bond donors (Lipinski definition) is 1. The minimum absolute atomic E-state index is 0.00845. The van der Waals surface area contributed by atoms with E-state index in [0.29, 0.717) is 5.56 Å². The van der Waals surface area contributed by atoms with E-state index in [4.69, 9.17) is 5.26 Å². The van der Waals surface area contributed by atoms with Crippen LogP contribution in [0.25, 0.3) is 0 Å². The van der Waals surface area contributed by atoms with Crippen LogP contribution in [0.2, 0.25) is 0 Å². The molecule has 0 saturated carbocycles. The molecule has 0 aromatic heterocycles. The van der Waals surface area contributed by atoms with Crippen LogP contribution >= 0.6 is 0 Å². The van der Waals surface area contributed by atoms with Crippen LogP contribution < -0.4 is 5.32 Å². The van der Waals surface area contributed by atoms with Gasteiger partial charge in [0.05, 0.1) is 6.07 Å². The van der Waals surface area contributed by atoms with Crippen LogP contribution in [0.5, 0.6) is 0 Å². The summed E-state index contributed by atoms with van der Waals surface area (Å²) in [6, 6.07) is 7.69. The molecule has 0 radical (unpaired) electrons. The molecule has 5 nitrogen and oxygen atoms in total. The maximum absolute atomic E-state index is 13.3. The Kier molecular flexibility index (Phi) is 4.81. The molecule has 1 aromatic carbocycles. The number of benzene rings is 1. The van der Waals surface area contributed by atoms with Gasteiger partial charge in [-0.15, -0.1) is 0 Å². The Morgan fingerprint density at radius 3 is 2.72 bits per heavy atom. The SMILES string of the molecule is CN(Cc1ccccc1F)C(=O)C(=O)NCC#N. The van der Waals surface area contributed by atoms with Gasteiger partial charge in [-0.25, -0.2) is 4.39 Å². The monoisotopic (exact) mass is 249 g/mol. The normalized spacial score (nSPS) is 9.39. The fraction of sp³-hybridized carbons (Fsp3) is 0.250. The molecule has 0 aliphatic heterocycles. The molecule has 0 aliphatic rings. The van der Waals surface area contributed by atoms with Crippen LogP contribution in [-0.2, 0) is 16.1 Å². The fourth-order valence-corrected chi connectivity index (χ4v) is 1.32. The van der Waals surface area contributed by atoms with E-state index < -0.39 is 17.6 Å². The quantitative estimate of drug-likeness (QED) is 0.623. The van der Waals surface area contributed by atoms with Crippen LogP contribution in [0.15, 0.2) is 24.3 Å². The molecule has 18 heavy (non-hydrogen) atoms. The summed E-state index contributed by atoms with van der Waals surface area (Å²) in [7, 11) is 1.39. The van der Waals surface area contributed by atoms with E-state index in [-0.39, 0.29) is 13.1 Å². The average Bonchev–Trinajstić information content (AvgIpc) is 2.37. The van der Waals surface area contributed by atoms with Crippen LogP contribution in [0.1, 0.15) is 5.56 Å². The molecule has 0 unspecified atom stereocenters. The number of rotatable bonds is 3. The van der Waals surface area contributed by atoms with Crippen LogP contribution in [0.3, 0.4) is 0 Å². The Hall–Kier alpha value is -2.42. The van der Waals surface area contributed by atoms with Crippen molar-refractivity contribution in [1.82, 2.24) is 10.2 Å². The number of amides is 2. The van der Waals surface area contributed by atoms with Crippen LogP contribution in [-0.4, -0.2) is 30.3 Å². The lowest BCUT2D eigenvalue weighted by Crippen LogP contribution is -2.40. The van der Waals surface area contributed by atoms with Gasteiger partial charge in [-0.3, -0.25) is 9.59 Å². The summed E-state index contributed by atoms with van der Waals surface area (Å²) in [5, 5.41) is 10.4. The van der Waals surface area contributed by atoms with Crippen LogP contribution in [0.4, 0.5) is 4.39 Å². The second kappa shape index (κ2) is 6.35. The number of carbonyl (C=O) groups is 2. The zero-order valence-corrected chi connectivity index (χ0v) is 9.81. The van der Waals surface area contributed by atoms with Crippen molar-refractivity contribution in [2.24, 2.45) is 0 Å². The fourth-order valence-electron chi connectivity index (χ4n) is 1.32. The number of nitrogens with zero attached hydrogens (tertiary/aromatic N) is 2. The zero-order chi connectivity index (χ0) is 13.5. The van der Waals surface area contributed by atoms with Crippen molar-refractivity contribution in [3.05, 3.63) is 35.6 Å². The third-order valence-corrected chi connectivity index (χ3v) is 2.23. The smallest absolute Gasteiger partial charge is 0.311 e. The molecule has 0 spiro atoms. The first-order valence-electron chi connectivity index (χ1n) is 5.20. The highest BCUT2D eigenvalue weighted by Gasteiger charge is 2.18. The zero-order valence-electron chi connectivity index (χ0n) is 9.81. The van der Waals surface area contributed by atoms with Crippen LogP contribution in [0, 0.1) is 17.1 Å². The first kappa shape index (κ1) is 13.6. The van der Waals surface area contributed by atoms with Crippen molar-refractivity contribution in [2.45, 2.75) is 6.54 Å². The van der Waals surface area contributed by atoms with Gasteiger partial charge in [0.15, 0.2) is 0 Å². The van der Waals surface area contributed by atoms with Gasteiger partial charge in [0, 0.05) is 19.2 Å². The van der Waals surface area contributed by atoms with Crippen molar-refractivity contribution >= 4 is 11.8 Å². The highest BCUT2D eigenvalue weighted by Crippen LogP contribution is 2.08. The van der Waals surface area contributed by atoms with Crippen molar-refractivity contribution in [3.8, 4) is 6.07 Å². The summed E-state index contributed by atoms with van der Waals surface area (Å²) in [6.45, 7) is -0.246. The summed E-state index contributed by atoms with van der Waals surface area (Å²) in [6.07, 6.45) is 0. The minimum Gasteiger partial charge on any atom is -0.335 e. The van der Waals surface area contributed by atoms with Gasteiger partial charge in [-0.2, -0.15) is 5.26 Å². The molecular weight excluding hydrogens is 237 g/mol. The van der Waals surface area contributed by atoms with E-state index in [1.165, 1.54) is 19.2 Å². The first-order valence-corrected chi connectivity index (χ1v) is 5.20. The first-order chi connectivity index (χ1) is 8.56. The standard InChI is InChI=1S/C12H12FN3O2/c1-16(12(18)11(17)15-7-6-14)8-9-4-2-3-5-10(9)13/h2-5H,7-8H2,1H3,(H,15,17). The van der Waals surface area contributed by atoms with E-state index >= 15 is 0 Å². The molecule has 6 heteroatoms. The molecule has 2 amide bonds. The second-order valence-electron chi connectivity index (χ2n) is 3.59.